The van der Waals surface area contributed by atoms with Crippen molar-refractivity contribution in [3.63, 3.8) is 0 Å². The summed E-state index contributed by atoms with van der Waals surface area (Å²) in [6, 6.07) is 3.58. The van der Waals surface area contributed by atoms with Crippen LogP contribution in [-0.4, -0.2) is 21.1 Å². The van der Waals surface area contributed by atoms with Gasteiger partial charge in [-0.15, -0.1) is 0 Å². The van der Waals surface area contributed by atoms with Gasteiger partial charge in [-0.3, -0.25) is 14.9 Å². The molecule has 2 heterocycles. The van der Waals surface area contributed by atoms with Gasteiger partial charge in [0.25, 0.3) is 5.91 Å². The molecule has 6 heteroatoms. The van der Waals surface area contributed by atoms with Gasteiger partial charge in [0.2, 0.25) is 0 Å². The molecule has 0 aliphatic carbocycles. The fourth-order valence-corrected chi connectivity index (χ4v) is 1.66. The summed E-state index contributed by atoms with van der Waals surface area (Å²) in [4.78, 5) is 16.2. The summed E-state index contributed by atoms with van der Waals surface area (Å²) < 4.78 is 0. The number of aromatic nitrogens is 3. The van der Waals surface area contributed by atoms with Crippen LogP contribution < -0.4 is 11.1 Å². The third-order valence-corrected chi connectivity index (χ3v) is 2.66. The van der Waals surface area contributed by atoms with Gasteiger partial charge in [0, 0.05) is 17.8 Å². The number of anilines is 1. The van der Waals surface area contributed by atoms with Gasteiger partial charge in [0.1, 0.15) is 5.82 Å². The second kappa shape index (κ2) is 4.87. The number of rotatable bonds is 3. The first-order valence-electron chi connectivity index (χ1n) is 5.58. The van der Waals surface area contributed by atoms with Gasteiger partial charge in [-0.2, -0.15) is 5.10 Å². The van der Waals surface area contributed by atoms with Crippen molar-refractivity contribution in [3.8, 4) is 0 Å². The number of aryl methyl sites for hydroxylation is 2. The van der Waals surface area contributed by atoms with E-state index in [-0.39, 0.29) is 5.91 Å². The van der Waals surface area contributed by atoms with Gasteiger partial charge >= 0.3 is 0 Å². The van der Waals surface area contributed by atoms with Crippen LogP contribution in [0.4, 0.5) is 5.82 Å². The van der Waals surface area contributed by atoms with E-state index in [4.69, 9.17) is 5.73 Å². The number of carbonyl (C=O) groups excluding carboxylic acids is 1. The van der Waals surface area contributed by atoms with Crippen molar-refractivity contribution >= 4 is 11.7 Å². The van der Waals surface area contributed by atoms with Crippen LogP contribution in [0.5, 0.6) is 0 Å². The average molecular weight is 245 g/mol. The van der Waals surface area contributed by atoms with Crippen LogP contribution in [0.25, 0.3) is 0 Å². The second-order valence-electron chi connectivity index (χ2n) is 4.08. The Morgan fingerprint density at radius 1 is 1.44 bits per heavy atom. The largest absolute Gasteiger partial charge is 0.384 e. The molecule has 0 fully saturated rings. The summed E-state index contributed by atoms with van der Waals surface area (Å²) >= 11 is 0. The number of carbonyl (C=O) groups is 1. The van der Waals surface area contributed by atoms with Crippen LogP contribution in [0.3, 0.4) is 0 Å². The first-order valence-corrected chi connectivity index (χ1v) is 5.58. The van der Waals surface area contributed by atoms with Crippen LogP contribution in [0.1, 0.15) is 27.3 Å². The van der Waals surface area contributed by atoms with E-state index < -0.39 is 0 Å². The summed E-state index contributed by atoms with van der Waals surface area (Å²) in [5.41, 5.74) is 8.58. The van der Waals surface area contributed by atoms with Gasteiger partial charge in [-0.25, -0.2) is 0 Å². The van der Waals surface area contributed by atoms with Gasteiger partial charge in [0.05, 0.1) is 17.5 Å². The van der Waals surface area contributed by atoms with Crippen molar-refractivity contribution < 1.29 is 4.79 Å². The van der Waals surface area contributed by atoms with E-state index in [0.29, 0.717) is 23.6 Å². The Balaban J connectivity index is 2.06. The van der Waals surface area contributed by atoms with Crippen molar-refractivity contribution in [1.29, 1.82) is 0 Å². The van der Waals surface area contributed by atoms with E-state index >= 15 is 0 Å². The molecule has 2 aromatic rings. The molecule has 2 aromatic heterocycles. The summed E-state index contributed by atoms with van der Waals surface area (Å²) in [6.07, 6.45) is 1.59. The molecule has 1 amide bonds. The number of pyridine rings is 1. The van der Waals surface area contributed by atoms with Crippen LogP contribution >= 0.6 is 0 Å². The molecule has 0 aromatic carbocycles. The van der Waals surface area contributed by atoms with E-state index in [1.165, 1.54) is 0 Å². The molecular weight excluding hydrogens is 230 g/mol. The molecular formula is C12H15N5O. The Labute approximate surface area is 105 Å². The van der Waals surface area contributed by atoms with Crippen LogP contribution in [0.15, 0.2) is 18.3 Å². The maximum Gasteiger partial charge on any atom is 0.253 e. The molecule has 0 radical (unpaired) electrons. The Morgan fingerprint density at radius 2 is 2.22 bits per heavy atom. The Bertz CT molecular complexity index is 576. The predicted molar refractivity (Wildman–Crippen MR) is 67.9 cm³/mol. The average Bonchev–Trinajstić information content (AvgIpc) is 2.72. The highest BCUT2D eigenvalue weighted by Crippen LogP contribution is 2.08. The molecule has 18 heavy (non-hydrogen) atoms. The number of nitrogens with zero attached hydrogens (tertiary/aromatic N) is 2. The van der Waals surface area contributed by atoms with Gasteiger partial charge in [-0.1, -0.05) is 0 Å². The molecule has 94 valence electrons. The quantitative estimate of drug-likeness (QED) is 0.749. The maximum atomic E-state index is 12.0. The number of nitrogens with two attached hydrogens (primary N) is 1. The number of hydrogen-bond acceptors (Lipinski definition) is 4. The van der Waals surface area contributed by atoms with E-state index in [1.807, 2.05) is 19.9 Å². The highest BCUT2D eigenvalue weighted by Gasteiger charge is 2.10. The predicted octanol–water partition coefficient (Wildman–Crippen LogP) is 0.934. The minimum atomic E-state index is -0.166. The Morgan fingerprint density at radius 3 is 2.83 bits per heavy atom. The van der Waals surface area contributed by atoms with Crippen molar-refractivity contribution in [1.82, 2.24) is 20.5 Å². The Kier molecular flexibility index (Phi) is 3.27. The molecule has 2 rings (SSSR count). The van der Waals surface area contributed by atoms with Crippen molar-refractivity contribution in [2.75, 3.05) is 5.73 Å². The third-order valence-electron chi connectivity index (χ3n) is 2.66. The van der Waals surface area contributed by atoms with Crippen LogP contribution in [0.2, 0.25) is 0 Å². The topological polar surface area (TPSA) is 96.7 Å². The zero-order chi connectivity index (χ0) is 13.1. The fourth-order valence-electron chi connectivity index (χ4n) is 1.66. The first-order chi connectivity index (χ1) is 8.58. The smallest absolute Gasteiger partial charge is 0.253 e. The highest BCUT2D eigenvalue weighted by molar-refractivity contribution is 5.95. The van der Waals surface area contributed by atoms with Gasteiger partial charge < -0.3 is 11.1 Å². The monoisotopic (exact) mass is 245 g/mol. The molecule has 0 saturated carbocycles. The number of hydrogen-bond donors (Lipinski definition) is 3. The minimum absolute atomic E-state index is 0.166. The van der Waals surface area contributed by atoms with E-state index in [9.17, 15) is 4.79 Å². The van der Waals surface area contributed by atoms with E-state index in [0.717, 1.165) is 11.3 Å². The number of nitrogen functional groups attached to an aromatic ring is 1. The summed E-state index contributed by atoms with van der Waals surface area (Å²) in [6.45, 7) is 4.05. The summed E-state index contributed by atoms with van der Waals surface area (Å²) in [5, 5.41) is 9.19. The van der Waals surface area contributed by atoms with Crippen molar-refractivity contribution in [2.24, 2.45) is 0 Å². The van der Waals surface area contributed by atoms with Crippen molar-refractivity contribution in [3.05, 3.63) is 40.8 Å². The number of aromatic amines is 1. The standard InChI is InChI=1S/C12H15N5O/c1-7-3-4-10(8(2)16-7)12(18)14-5-9-6-15-17-11(9)13/h3-4,6H,5H2,1-2H3,(H,14,18)(H3,13,15,17). The fraction of sp³-hybridized carbons (Fsp3) is 0.250. The number of H-pyrrole nitrogens is 1. The number of amides is 1. The van der Waals surface area contributed by atoms with Crippen LogP contribution in [0, 0.1) is 13.8 Å². The zero-order valence-corrected chi connectivity index (χ0v) is 10.3. The normalized spacial score (nSPS) is 10.3. The summed E-state index contributed by atoms with van der Waals surface area (Å²) in [7, 11) is 0. The molecule has 0 saturated heterocycles. The molecule has 6 nitrogen and oxygen atoms in total. The molecule has 0 bridgehead atoms. The lowest BCUT2D eigenvalue weighted by atomic mass is 10.1. The molecule has 0 unspecified atom stereocenters. The zero-order valence-electron chi connectivity index (χ0n) is 10.3. The summed E-state index contributed by atoms with van der Waals surface area (Å²) in [5.74, 6) is 0.301. The minimum Gasteiger partial charge on any atom is -0.384 e. The first kappa shape index (κ1) is 12.1. The van der Waals surface area contributed by atoms with Crippen LogP contribution in [-0.2, 0) is 6.54 Å². The van der Waals surface area contributed by atoms with Gasteiger partial charge in [0.15, 0.2) is 0 Å². The molecule has 0 spiro atoms. The second-order valence-corrected chi connectivity index (χ2v) is 4.08. The lowest BCUT2D eigenvalue weighted by Gasteiger charge is -2.07. The van der Waals surface area contributed by atoms with Crippen molar-refractivity contribution in [2.45, 2.75) is 20.4 Å². The molecule has 0 atom stereocenters. The molecule has 0 aliphatic heterocycles. The van der Waals surface area contributed by atoms with E-state index in [1.54, 1.807) is 12.3 Å². The molecule has 4 N–H and O–H groups in total. The SMILES string of the molecule is Cc1ccc(C(=O)NCc2cn[nH]c2N)c(C)n1. The highest BCUT2D eigenvalue weighted by atomic mass is 16.1. The number of nitrogens with one attached hydrogen (secondary N) is 2. The lowest BCUT2D eigenvalue weighted by molar-refractivity contribution is 0.0950. The molecule has 0 aliphatic rings. The maximum absolute atomic E-state index is 12.0. The van der Waals surface area contributed by atoms with E-state index in [2.05, 4.69) is 20.5 Å². The van der Waals surface area contributed by atoms with Gasteiger partial charge in [-0.05, 0) is 26.0 Å². The third kappa shape index (κ3) is 2.48. The Hall–Kier alpha value is -2.37. The lowest BCUT2D eigenvalue weighted by Crippen LogP contribution is -2.24.